The van der Waals surface area contributed by atoms with E-state index in [4.69, 9.17) is 0 Å². The minimum atomic E-state index is 0. The molecule has 0 saturated carbocycles. The number of unbranched alkanes of at least 4 members (excludes halogenated alkanes) is 18. The van der Waals surface area contributed by atoms with Gasteiger partial charge in [0.2, 0.25) is 0 Å². The fraction of sp³-hybridized carbons (Fsp3) is 1.00. The van der Waals surface area contributed by atoms with Crippen LogP contribution >= 0.6 is 0 Å². The summed E-state index contributed by atoms with van der Waals surface area (Å²) in [5.74, 6) is 0. The summed E-state index contributed by atoms with van der Waals surface area (Å²) < 4.78 is 0. The predicted molar refractivity (Wildman–Crippen MR) is 163 cm³/mol. The van der Waals surface area contributed by atoms with Crippen molar-refractivity contribution in [1.29, 1.82) is 0 Å². The number of nitrogens with one attached hydrogen (secondary N) is 3. The average molecular weight is 668 g/mol. The molecule has 3 N–H and O–H groups in total. The number of hydrogen-bond donors (Lipinski definition) is 3. The molecule has 1 aliphatic rings. The first kappa shape index (κ1) is 48.2. The molecular weight excluding hydrogens is 599 g/mol. The summed E-state index contributed by atoms with van der Waals surface area (Å²) in [6.07, 6.45) is 33.3. The molecule has 0 spiro atoms. The van der Waals surface area contributed by atoms with Gasteiger partial charge in [0.05, 0.1) is 12.3 Å². The van der Waals surface area contributed by atoms with Crippen LogP contribution in [0.3, 0.4) is 0 Å². The SMILES string of the molecule is CCCCCCCCCCCCC1NCNC(CCCN(C)C)N1.CCCCCCCCCCC[CH2][Cr+3].[Cl-].[Cl-].[Cl-]. The van der Waals surface area contributed by atoms with E-state index < -0.39 is 0 Å². The molecule has 1 rings (SSSR count). The first-order chi connectivity index (χ1) is 18.1. The molecule has 0 aromatic rings. The first-order valence-corrected chi connectivity index (χ1v) is 17.5. The van der Waals surface area contributed by atoms with E-state index in [-0.39, 0.29) is 37.2 Å². The second-order valence-electron chi connectivity index (χ2n) is 11.7. The Morgan fingerprint density at radius 1 is 0.525 bits per heavy atom. The topological polar surface area (TPSA) is 39.3 Å². The van der Waals surface area contributed by atoms with Crippen molar-refractivity contribution in [2.24, 2.45) is 0 Å². The van der Waals surface area contributed by atoms with Gasteiger partial charge in [-0.1, -0.05) is 71.1 Å². The largest absolute Gasteiger partial charge is 1.00 e. The number of halogens is 3. The quantitative estimate of drug-likeness (QED) is 0.119. The summed E-state index contributed by atoms with van der Waals surface area (Å²) in [5, 5.41) is 12.0. The smallest absolute Gasteiger partial charge is 1.00 e. The first-order valence-electron chi connectivity index (χ1n) is 16.6. The third-order valence-electron chi connectivity index (χ3n) is 7.54. The van der Waals surface area contributed by atoms with E-state index in [2.05, 4.69) is 65.1 Å². The second kappa shape index (κ2) is 40.2. The Bertz CT molecular complexity index is 427. The molecule has 0 aromatic heterocycles. The molecule has 40 heavy (non-hydrogen) atoms. The summed E-state index contributed by atoms with van der Waals surface area (Å²) in [7, 11) is 4.30. The van der Waals surface area contributed by atoms with E-state index in [1.54, 1.807) is 0 Å². The van der Waals surface area contributed by atoms with Gasteiger partial charge in [-0.25, -0.2) is 0 Å². The Morgan fingerprint density at radius 2 is 0.875 bits per heavy atom. The number of nitrogens with zero attached hydrogens (tertiary/aromatic N) is 1. The molecule has 0 radical (unpaired) electrons. The molecule has 0 aliphatic carbocycles. The molecule has 8 heteroatoms. The fourth-order valence-electron chi connectivity index (χ4n) is 5.07. The van der Waals surface area contributed by atoms with Gasteiger partial charge in [-0.2, -0.15) is 0 Å². The molecular formula is C32H69Cl3CrN4. The van der Waals surface area contributed by atoms with Crippen LogP contribution in [0.2, 0.25) is 5.28 Å². The Labute approximate surface area is 279 Å². The van der Waals surface area contributed by atoms with E-state index in [0.29, 0.717) is 12.3 Å². The van der Waals surface area contributed by atoms with Crippen LogP contribution in [0.25, 0.3) is 0 Å². The summed E-state index contributed by atoms with van der Waals surface area (Å²) in [5.41, 5.74) is 0. The predicted octanol–water partition coefficient (Wildman–Crippen LogP) is -0.0843. The van der Waals surface area contributed by atoms with E-state index >= 15 is 0 Å². The molecule has 4 nitrogen and oxygen atoms in total. The molecule has 0 bridgehead atoms. The van der Waals surface area contributed by atoms with E-state index in [1.165, 1.54) is 160 Å². The van der Waals surface area contributed by atoms with Gasteiger partial charge < -0.3 is 42.1 Å². The Balaban J connectivity index is -0.000000350. The van der Waals surface area contributed by atoms with E-state index in [9.17, 15) is 0 Å². The molecule has 1 heterocycles. The van der Waals surface area contributed by atoms with Crippen molar-refractivity contribution in [2.75, 3.05) is 27.3 Å². The molecule has 244 valence electrons. The second-order valence-corrected chi connectivity index (χ2v) is 12.3. The molecule has 1 aliphatic heterocycles. The van der Waals surface area contributed by atoms with Crippen molar-refractivity contribution in [2.45, 2.75) is 179 Å². The van der Waals surface area contributed by atoms with Gasteiger partial charge in [0.15, 0.2) is 0 Å². The van der Waals surface area contributed by atoms with E-state index in [0.717, 1.165) is 6.67 Å². The molecule has 1 fully saturated rings. The molecule has 2 unspecified atom stereocenters. The summed E-state index contributed by atoms with van der Waals surface area (Å²) in [4.78, 5) is 2.27. The zero-order valence-corrected chi connectivity index (χ0v) is 30.6. The molecule has 1 saturated heterocycles. The van der Waals surface area contributed by atoms with Crippen LogP contribution in [0.4, 0.5) is 0 Å². The number of rotatable bonds is 25. The van der Waals surface area contributed by atoms with Gasteiger partial charge in [0.25, 0.3) is 0 Å². The maximum atomic E-state index is 3.72. The van der Waals surface area contributed by atoms with Crippen molar-refractivity contribution in [1.82, 2.24) is 20.9 Å². The van der Waals surface area contributed by atoms with E-state index in [1.807, 2.05) is 0 Å². The van der Waals surface area contributed by atoms with Gasteiger partial charge in [0, 0.05) is 6.67 Å². The third-order valence-corrected chi connectivity index (χ3v) is 7.99. The molecule has 0 aromatic carbocycles. The van der Waals surface area contributed by atoms with Gasteiger partial charge in [-0.05, 0) is 39.9 Å². The Morgan fingerprint density at radius 3 is 1.25 bits per heavy atom. The summed E-state index contributed by atoms with van der Waals surface area (Å²) >= 11 is 3.07. The van der Waals surface area contributed by atoms with Crippen LogP contribution in [0.5, 0.6) is 0 Å². The zero-order chi connectivity index (χ0) is 27.2. The number of hydrogen-bond acceptors (Lipinski definition) is 4. The normalized spacial score (nSPS) is 16.3. The van der Waals surface area contributed by atoms with Crippen LogP contribution in [0, 0.1) is 0 Å². The Kier molecular flexibility index (Phi) is 48.4. The van der Waals surface area contributed by atoms with Crippen LogP contribution in [0.15, 0.2) is 0 Å². The fourth-order valence-corrected chi connectivity index (χ4v) is 5.39. The van der Waals surface area contributed by atoms with Gasteiger partial charge >= 0.3 is 92.7 Å². The summed E-state index contributed by atoms with van der Waals surface area (Å²) in [6, 6.07) is 0. The third kappa shape index (κ3) is 37.3. The van der Waals surface area contributed by atoms with Crippen LogP contribution in [-0.4, -0.2) is 44.5 Å². The van der Waals surface area contributed by atoms with Crippen molar-refractivity contribution in [3.8, 4) is 0 Å². The summed E-state index contributed by atoms with van der Waals surface area (Å²) in [6.45, 7) is 6.69. The van der Waals surface area contributed by atoms with Gasteiger partial charge in [0.1, 0.15) is 0 Å². The zero-order valence-electron chi connectivity index (χ0n) is 27.0. The molecule has 0 amide bonds. The maximum Gasteiger partial charge on any atom is -1.00 e. The standard InChI is InChI=1S/C20H44N4.C12H25.3ClH.Cr/c1-4-5-6-7-8-9-10-11-12-13-15-19-21-18-22-20(23-19)16-14-17-24(2)3;1-3-5-7-9-11-12-10-8-6-4-2;;;;/h19-23H,4-18H2,1-3H3;1,3-12H2,2H3;3*1H;/q;;;;;+3/p-3. The van der Waals surface area contributed by atoms with Crippen LogP contribution < -0.4 is 53.2 Å². The van der Waals surface area contributed by atoms with Crippen LogP contribution in [-0.2, 0) is 16.3 Å². The Hall–Kier alpha value is 1.24. The van der Waals surface area contributed by atoms with Crippen molar-refractivity contribution >= 4 is 0 Å². The average Bonchev–Trinajstić information content (AvgIpc) is 2.89. The van der Waals surface area contributed by atoms with Gasteiger partial charge in [-0.15, -0.1) is 0 Å². The maximum absolute atomic E-state index is 3.72. The minimum absolute atomic E-state index is 0. The minimum Gasteiger partial charge on any atom is -1.00 e. The monoisotopic (exact) mass is 666 g/mol. The molecule has 2 atom stereocenters. The van der Waals surface area contributed by atoms with Crippen molar-refractivity contribution in [3.05, 3.63) is 0 Å². The van der Waals surface area contributed by atoms with Crippen molar-refractivity contribution < 1.29 is 53.5 Å². The van der Waals surface area contributed by atoms with Gasteiger partial charge in [-0.3, -0.25) is 16.0 Å². The van der Waals surface area contributed by atoms with Crippen LogP contribution in [0.1, 0.15) is 162 Å². The van der Waals surface area contributed by atoms with Crippen molar-refractivity contribution in [3.63, 3.8) is 0 Å².